The summed E-state index contributed by atoms with van der Waals surface area (Å²) in [6.45, 7) is 0. The maximum atomic E-state index is 14.3. The Morgan fingerprint density at radius 3 is 1.11 bits per heavy atom. The zero-order valence-electron chi connectivity index (χ0n) is 19.1. The van der Waals surface area contributed by atoms with Gasteiger partial charge in [0.05, 0.1) is 11.4 Å². The lowest BCUT2D eigenvalue weighted by molar-refractivity contribution is -0.141. The highest BCUT2D eigenvalue weighted by Crippen LogP contribution is 2.40. The highest BCUT2D eigenvalue weighted by molar-refractivity contribution is 6.38. The minimum absolute atomic E-state index is 0.167. The molecule has 4 amide bonds. The third kappa shape index (κ3) is 4.13. The molecule has 1 saturated heterocycles. The van der Waals surface area contributed by atoms with Crippen molar-refractivity contribution >= 4 is 29.2 Å². The van der Waals surface area contributed by atoms with E-state index >= 15 is 0 Å². The summed E-state index contributed by atoms with van der Waals surface area (Å²) in [6.07, 6.45) is 0.334. The summed E-state index contributed by atoms with van der Waals surface area (Å²) in [6, 6.07) is 35.9. The van der Waals surface area contributed by atoms with Gasteiger partial charge in [-0.2, -0.15) is 0 Å². The van der Waals surface area contributed by atoms with E-state index in [2.05, 4.69) is 0 Å². The van der Waals surface area contributed by atoms with Crippen molar-refractivity contribution in [1.29, 1.82) is 0 Å². The molecule has 35 heavy (non-hydrogen) atoms. The normalized spacial score (nSPS) is 15.4. The van der Waals surface area contributed by atoms with E-state index in [-0.39, 0.29) is 12.8 Å². The third-order valence-corrected chi connectivity index (χ3v) is 6.33. The lowest BCUT2D eigenvalue weighted by atomic mass is 9.72. The van der Waals surface area contributed by atoms with Crippen LogP contribution in [0.1, 0.15) is 11.1 Å². The topological polar surface area (TPSA) is 57.7 Å². The van der Waals surface area contributed by atoms with E-state index in [1.54, 1.807) is 48.5 Å². The Morgan fingerprint density at radius 2 is 0.771 bits per heavy atom. The van der Waals surface area contributed by atoms with Crippen molar-refractivity contribution in [2.45, 2.75) is 12.8 Å². The van der Waals surface area contributed by atoms with Crippen LogP contribution < -0.4 is 9.80 Å². The minimum atomic E-state index is -1.51. The average molecular weight is 461 g/mol. The van der Waals surface area contributed by atoms with Gasteiger partial charge in [-0.1, -0.05) is 97.1 Å². The van der Waals surface area contributed by atoms with Crippen molar-refractivity contribution < 1.29 is 14.4 Å². The largest absolute Gasteiger partial charge is 0.342 e. The first-order valence-electron chi connectivity index (χ1n) is 11.5. The molecule has 0 spiro atoms. The second-order valence-electron chi connectivity index (χ2n) is 8.64. The fourth-order valence-corrected chi connectivity index (χ4v) is 4.66. The van der Waals surface area contributed by atoms with Crippen LogP contribution >= 0.6 is 0 Å². The molecule has 0 N–H and O–H groups in total. The number of barbiturate groups is 1. The first-order valence-corrected chi connectivity index (χ1v) is 11.5. The molecule has 1 aliphatic rings. The van der Waals surface area contributed by atoms with E-state index in [4.69, 9.17) is 0 Å². The Morgan fingerprint density at radius 1 is 0.457 bits per heavy atom. The van der Waals surface area contributed by atoms with Gasteiger partial charge in [-0.05, 0) is 48.2 Å². The van der Waals surface area contributed by atoms with Crippen molar-refractivity contribution in [3.05, 3.63) is 132 Å². The van der Waals surface area contributed by atoms with Crippen molar-refractivity contribution in [3.8, 4) is 0 Å². The fraction of sp³-hybridized carbons (Fsp3) is 0.100. The minimum Gasteiger partial charge on any atom is -0.273 e. The van der Waals surface area contributed by atoms with Crippen molar-refractivity contribution in [2.24, 2.45) is 5.41 Å². The van der Waals surface area contributed by atoms with Gasteiger partial charge < -0.3 is 0 Å². The number of imide groups is 2. The summed E-state index contributed by atoms with van der Waals surface area (Å²) >= 11 is 0. The van der Waals surface area contributed by atoms with Crippen LogP contribution in [0.4, 0.5) is 16.2 Å². The standard InChI is InChI=1S/C30H24N2O3/c33-27-30(21-23-13-5-1-6-14-23,22-24-15-7-2-8-16-24)28(34)32(26-19-11-4-12-20-26)29(35)31(27)25-17-9-3-10-18-25/h1-20H,21-22H2. The van der Waals surface area contributed by atoms with Crippen molar-refractivity contribution in [1.82, 2.24) is 0 Å². The number of para-hydroxylation sites is 2. The molecule has 1 aliphatic heterocycles. The monoisotopic (exact) mass is 460 g/mol. The number of urea groups is 1. The van der Waals surface area contributed by atoms with Gasteiger partial charge in [-0.15, -0.1) is 0 Å². The van der Waals surface area contributed by atoms with Crippen LogP contribution in [0.2, 0.25) is 0 Å². The molecule has 5 rings (SSSR count). The molecular weight excluding hydrogens is 436 g/mol. The van der Waals surface area contributed by atoms with Gasteiger partial charge >= 0.3 is 6.03 Å². The van der Waals surface area contributed by atoms with Crippen LogP contribution in [0.25, 0.3) is 0 Å². The smallest absolute Gasteiger partial charge is 0.273 e. The van der Waals surface area contributed by atoms with E-state index in [1.807, 2.05) is 72.8 Å². The molecule has 4 aromatic carbocycles. The molecule has 0 unspecified atom stereocenters. The van der Waals surface area contributed by atoms with Gasteiger partial charge in [0.1, 0.15) is 5.41 Å². The fourth-order valence-electron chi connectivity index (χ4n) is 4.66. The third-order valence-electron chi connectivity index (χ3n) is 6.33. The summed E-state index contributed by atoms with van der Waals surface area (Å²) in [5.74, 6) is -1.03. The molecular formula is C30H24N2O3. The summed E-state index contributed by atoms with van der Waals surface area (Å²) < 4.78 is 0. The van der Waals surface area contributed by atoms with E-state index < -0.39 is 23.3 Å². The van der Waals surface area contributed by atoms with Gasteiger partial charge in [0.25, 0.3) is 11.8 Å². The second-order valence-corrected chi connectivity index (χ2v) is 8.64. The van der Waals surface area contributed by atoms with Gasteiger partial charge in [0.2, 0.25) is 0 Å². The zero-order valence-corrected chi connectivity index (χ0v) is 19.1. The van der Waals surface area contributed by atoms with E-state index in [0.717, 1.165) is 20.9 Å². The molecule has 5 heteroatoms. The maximum Gasteiger partial charge on any atom is 0.342 e. The van der Waals surface area contributed by atoms with Crippen molar-refractivity contribution in [3.63, 3.8) is 0 Å². The molecule has 0 aromatic heterocycles. The van der Waals surface area contributed by atoms with Crippen LogP contribution in [0.15, 0.2) is 121 Å². The quantitative estimate of drug-likeness (QED) is 0.349. The molecule has 0 bridgehead atoms. The van der Waals surface area contributed by atoms with Crippen LogP contribution in [0.3, 0.4) is 0 Å². The van der Waals surface area contributed by atoms with E-state index in [9.17, 15) is 14.4 Å². The molecule has 4 aromatic rings. The molecule has 5 nitrogen and oxygen atoms in total. The number of nitrogens with zero attached hydrogens (tertiary/aromatic N) is 2. The zero-order chi connectivity index (χ0) is 24.3. The number of hydrogen-bond acceptors (Lipinski definition) is 3. The Balaban J connectivity index is 1.72. The predicted octanol–water partition coefficient (Wildman–Crippen LogP) is 5.66. The molecule has 1 fully saturated rings. The molecule has 172 valence electrons. The number of benzene rings is 4. The SMILES string of the molecule is O=C1N(c2ccccc2)C(=O)C(Cc2ccccc2)(Cc2ccccc2)C(=O)N1c1ccccc1. The van der Waals surface area contributed by atoms with Crippen LogP contribution in [0, 0.1) is 5.41 Å². The van der Waals surface area contributed by atoms with Gasteiger partial charge in [-0.25, -0.2) is 14.6 Å². The maximum absolute atomic E-state index is 14.3. The number of rotatable bonds is 6. The Labute approximate surface area is 204 Å². The molecule has 0 aliphatic carbocycles. The first kappa shape index (κ1) is 22.3. The summed E-state index contributed by atoms with van der Waals surface area (Å²) in [5.41, 5.74) is 1.05. The highest BCUT2D eigenvalue weighted by Gasteiger charge is 2.58. The van der Waals surface area contributed by atoms with Crippen molar-refractivity contribution in [2.75, 3.05) is 9.80 Å². The summed E-state index contributed by atoms with van der Waals surface area (Å²) in [4.78, 5) is 44.7. The molecule has 0 saturated carbocycles. The lowest BCUT2D eigenvalue weighted by Gasteiger charge is -2.44. The number of anilines is 2. The predicted molar refractivity (Wildman–Crippen MR) is 136 cm³/mol. The summed E-state index contributed by atoms with van der Waals surface area (Å²) in [7, 11) is 0. The second kappa shape index (κ2) is 9.39. The molecule has 0 radical (unpaired) electrons. The average Bonchev–Trinajstić information content (AvgIpc) is 2.90. The van der Waals surface area contributed by atoms with Crippen LogP contribution in [-0.4, -0.2) is 17.8 Å². The van der Waals surface area contributed by atoms with E-state index in [0.29, 0.717) is 11.4 Å². The van der Waals surface area contributed by atoms with Gasteiger partial charge in [0, 0.05) is 0 Å². The highest BCUT2D eigenvalue weighted by atomic mass is 16.2. The van der Waals surface area contributed by atoms with Gasteiger partial charge in [-0.3, -0.25) is 9.59 Å². The molecule has 1 heterocycles. The number of carbonyl (C=O) groups excluding carboxylic acids is 3. The van der Waals surface area contributed by atoms with E-state index in [1.165, 1.54) is 0 Å². The lowest BCUT2D eigenvalue weighted by Crippen LogP contribution is -2.67. The number of carbonyl (C=O) groups is 3. The molecule has 0 atom stereocenters. The van der Waals surface area contributed by atoms with Crippen LogP contribution in [-0.2, 0) is 22.4 Å². The Kier molecular flexibility index (Phi) is 5.98. The first-order chi connectivity index (χ1) is 17.1. The number of hydrogen-bond donors (Lipinski definition) is 0. The Bertz CT molecular complexity index is 1230. The van der Waals surface area contributed by atoms with Gasteiger partial charge in [0.15, 0.2) is 0 Å². The summed E-state index contributed by atoms with van der Waals surface area (Å²) in [5, 5.41) is 0. The Hall–Kier alpha value is -4.51. The number of amides is 4. The van der Waals surface area contributed by atoms with Crippen LogP contribution in [0.5, 0.6) is 0 Å².